The molecule has 1 atom stereocenters. The van der Waals surface area contributed by atoms with Crippen LogP contribution >= 0.6 is 0 Å². The van der Waals surface area contributed by atoms with Gasteiger partial charge >= 0.3 is 11.9 Å². The van der Waals surface area contributed by atoms with Crippen LogP contribution in [0.3, 0.4) is 0 Å². The number of pyridine rings is 1. The van der Waals surface area contributed by atoms with Crippen LogP contribution in [0.4, 0.5) is 5.69 Å². The van der Waals surface area contributed by atoms with Gasteiger partial charge in [0.2, 0.25) is 0 Å². The molecule has 1 aliphatic rings. The SMILES string of the molecule is CCOC(=O)c1cc(N)c(C(=O)N2CCC[C@@H]2c2ccc(C(=O)OC)cc2C)cn1. The Balaban J connectivity index is 1.86. The number of methoxy groups -OCH3 is 1. The maximum absolute atomic E-state index is 13.2. The quantitative estimate of drug-likeness (QED) is 0.753. The van der Waals surface area contributed by atoms with Gasteiger partial charge in [-0.05, 0) is 56.0 Å². The van der Waals surface area contributed by atoms with E-state index in [2.05, 4.69) is 4.98 Å². The van der Waals surface area contributed by atoms with Crippen molar-refractivity contribution >= 4 is 23.5 Å². The van der Waals surface area contributed by atoms with Crippen LogP contribution in [-0.2, 0) is 9.47 Å². The Bertz CT molecular complexity index is 989. The van der Waals surface area contributed by atoms with Gasteiger partial charge in [-0.15, -0.1) is 0 Å². The number of nitrogen functional groups attached to an aromatic ring is 1. The summed E-state index contributed by atoms with van der Waals surface area (Å²) < 4.78 is 9.69. The van der Waals surface area contributed by atoms with Crippen molar-refractivity contribution in [1.82, 2.24) is 9.88 Å². The number of likely N-dealkylation sites (tertiary alicyclic amines) is 1. The summed E-state index contributed by atoms with van der Waals surface area (Å²) in [6, 6.07) is 6.58. The lowest BCUT2D eigenvalue weighted by Gasteiger charge is -2.27. The number of nitrogens with zero attached hydrogens (tertiary/aromatic N) is 2. The van der Waals surface area contributed by atoms with Crippen molar-refractivity contribution in [2.24, 2.45) is 0 Å². The standard InChI is InChI=1S/C22H25N3O5/c1-4-30-22(28)18-11-17(23)16(12-24-18)20(26)25-9-5-6-19(25)15-8-7-14(10-13(15)2)21(27)29-3/h7-8,10-12,19H,4-6,9H2,1-3H3,(H2,23,24)/t19-/m1/s1. The molecule has 1 aromatic carbocycles. The number of aromatic nitrogens is 1. The second kappa shape index (κ2) is 8.94. The number of benzene rings is 1. The molecular weight excluding hydrogens is 386 g/mol. The molecule has 0 aliphatic carbocycles. The van der Waals surface area contributed by atoms with E-state index >= 15 is 0 Å². The molecule has 158 valence electrons. The van der Waals surface area contributed by atoms with Crippen LogP contribution in [0, 0.1) is 6.92 Å². The van der Waals surface area contributed by atoms with E-state index in [-0.39, 0.29) is 35.5 Å². The lowest BCUT2D eigenvalue weighted by atomic mass is 9.97. The predicted molar refractivity (Wildman–Crippen MR) is 110 cm³/mol. The molecule has 0 unspecified atom stereocenters. The van der Waals surface area contributed by atoms with E-state index in [0.717, 1.165) is 24.0 Å². The molecule has 3 rings (SSSR count). The van der Waals surface area contributed by atoms with Gasteiger partial charge in [0.1, 0.15) is 5.69 Å². The Hall–Kier alpha value is -3.42. The number of rotatable bonds is 5. The zero-order valence-corrected chi connectivity index (χ0v) is 17.3. The van der Waals surface area contributed by atoms with Crippen molar-refractivity contribution in [3.8, 4) is 0 Å². The molecule has 1 saturated heterocycles. The number of aryl methyl sites for hydroxylation is 1. The number of amides is 1. The van der Waals surface area contributed by atoms with Crippen molar-refractivity contribution in [3.05, 3.63) is 58.4 Å². The Morgan fingerprint density at radius 3 is 2.63 bits per heavy atom. The van der Waals surface area contributed by atoms with E-state index in [0.29, 0.717) is 12.1 Å². The normalized spacial score (nSPS) is 15.7. The second-order valence-corrected chi connectivity index (χ2v) is 7.10. The van der Waals surface area contributed by atoms with Crippen LogP contribution in [-0.4, -0.2) is 48.0 Å². The number of nitrogens with two attached hydrogens (primary N) is 1. The summed E-state index contributed by atoms with van der Waals surface area (Å²) in [4.78, 5) is 42.6. The minimum absolute atomic E-state index is 0.0677. The number of carbonyl (C=O) groups excluding carboxylic acids is 3. The van der Waals surface area contributed by atoms with Crippen LogP contribution in [0.1, 0.15) is 68.1 Å². The third-order valence-electron chi connectivity index (χ3n) is 5.21. The van der Waals surface area contributed by atoms with Crippen LogP contribution < -0.4 is 5.73 Å². The summed E-state index contributed by atoms with van der Waals surface area (Å²) in [5.74, 6) is -1.22. The van der Waals surface area contributed by atoms with Gasteiger partial charge in [0, 0.05) is 18.4 Å². The highest BCUT2D eigenvalue weighted by molar-refractivity contribution is 6.00. The molecule has 0 spiro atoms. The molecule has 0 bridgehead atoms. The minimum Gasteiger partial charge on any atom is -0.465 e. The van der Waals surface area contributed by atoms with E-state index in [1.54, 1.807) is 24.0 Å². The van der Waals surface area contributed by atoms with Crippen molar-refractivity contribution in [1.29, 1.82) is 0 Å². The van der Waals surface area contributed by atoms with E-state index in [1.807, 2.05) is 13.0 Å². The third-order valence-corrected chi connectivity index (χ3v) is 5.21. The maximum Gasteiger partial charge on any atom is 0.356 e. The number of ether oxygens (including phenoxy) is 2. The Morgan fingerprint density at radius 2 is 2.00 bits per heavy atom. The number of hydrogen-bond acceptors (Lipinski definition) is 7. The highest BCUT2D eigenvalue weighted by atomic mass is 16.5. The van der Waals surface area contributed by atoms with Crippen LogP contribution in [0.2, 0.25) is 0 Å². The minimum atomic E-state index is -0.580. The fourth-order valence-electron chi connectivity index (χ4n) is 3.75. The topological polar surface area (TPSA) is 112 Å². The van der Waals surface area contributed by atoms with Crippen molar-refractivity contribution in [2.45, 2.75) is 32.7 Å². The largest absolute Gasteiger partial charge is 0.465 e. The summed E-state index contributed by atoms with van der Waals surface area (Å²) in [6.07, 6.45) is 2.98. The van der Waals surface area contributed by atoms with Crippen molar-refractivity contribution in [2.75, 3.05) is 26.0 Å². The smallest absolute Gasteiger partial charge is 0.356 e. The molecule has 2 N–H and O–H groups in total. The first kappa shape index (κ1) is 21.3. The molecule has 1 fully saturated rings. The summed E-state index contributed by atoms with van der Waals surface area (Å²) in [5, 5.41) is 0. The molecule has 1 amide bonds. The van der Waals surface area contributed by atoms with Gasteiger partial charge in [0.15, 0.2) is 0 Å². The lowest BCUT2D eigenvalue weighted by molar-refractivity contribution is 0.0517. The summed E-state index contributed by atoms with van der Waals surface area (Å²) in [7, 11) is 1.34. The summed E-state index contributed by atoms with van der Waals surface area (Å²) in [5.41, 5.74) is 8.91. The molecule has 8 nitrogen and oxygen atoms in total. The second-order valence-electron chi connectivity index (χ2n) is 7.10. The van der Waals surface area contributed by atoms with E-state index in [1.165, 1.54) is 19.4 Å². The summed E-state index contributed by atoms with van der Waals surface area (Å²) in [6.45, 7) is 4.42. The van der Waals surface area contributed by atoms with Gasteiger partial charge in [-0.2, -0.15) is 0 Å². The molecule has 8 heteroatoms. The molecule has 0 saturated carbocycles. The van der Waals surface area contributed by atoms with Gasteiger partial charge in [-0.25, -0.2) is 14.6 Å². The first-order valence-corrected chi connectivity index (χ1v) is 9.79. The highest BCUT2D eigenvalue weighted by Crippen LogP contribution is 2.35. The van der Waals surface area contributed by atoms with E-state index in [4.69, 9.17) is 15.2 Å². The number of carbonyl (C=O) groups is 3. The molecule has 1 aliphatic heterocycles. The zero-order valence-electron chi connectivity index (χ0n) is 17.3. The van der Waals surface area contributed by atoms with Crippen LogP contribution in [0.5, 0.6) is 0 Å². The van der Waals surface area contributed by atoms with E-state index in [9.17, 15) is 14.4 Å². The Kier molecular flexibility index (Phi) is 6.34. The molecule has 30 heavy (non-hydrogen) atoms. The van der Waals surface area contributed by atoms with Crippen molar-refractivity contribution < 1.29 is 23.9 Å². The fraction of sp³-hybridized carbons (Fsp3) is 0.364. The van der Waals surface area contributed by atoms with Gasteiger partial charge in [0.05, 0.1) is 30.9 Å². The molecule has 1 aromatic heterocycles. The Morgan fingerprint density at radius 1 is 1.23 bits per heavy atom. The first-order chi connectivity index (χ1) is 14.4. The van der Waals surface area contributed by atoms with Crippen LogP contribution in [0.15, 0.2) is 30.5 Å². The van der Waals surface area contributed by atoms with Gasteiger partial charge in [-0.1, -0.05) is 6.07 Å². The zero-order chi connectivity index (χ0) is 21.8. The Labute approximate surface area is 175 Å². The van der Waals surface area contributed by atoms with Gasteiger partial charge < -0.3 is 20.1 Å². The molecule has 0 radical (unpaired) electrons. The maximum atomic E-state index is 13.2. The average Bonchev–Trinajstić information content (AvgIpc) is 3.22. The van der Waals surface area contributed by atoms with Crippen LogP contribution in [0.25, 0.3) is 0 Å². The lowest BCUT2D eigenvalue weighted by Crippen LogP contribution is -2.31. The molecule has 2 heterocycles. The monoisotopic (exact) mass is 411 g/mol. The summed E-state index contributed by atoms with van der Waals surface area (Å²) >= 11 is 0. The molecular formula is C22H25N3O5. The van der Waals surface area contributed by atoms with E-state index < -0.39 is 11.9 Å². The number of esters is 2. The molecule has 2 aromatic rings. The first-order valence-electron chi connectivity index (χ1n) is 9.79. The van der Waals surface area contributed by atoms with Crippen molar-refractivity contribution in [3.63, 3.8) is 0 Å². The number of anilines is 1. The van der Waals surface area contributed by atoms with Gasteiger partial charge in [0.25, 0.3) is 5.91 Å². The number of hydrogen-bond donors (Lipinski definition) is 1. The average molecular weight is 411 g/mol. The predicted octanol–water partition coefficient (Wildman–Crippen LogP) is 2.91. The third kappa shape index (κ3) is 4.12. The van der Waals surface area contributed by atoms with Gasteiger partial charge in [-0.3, -0.25) is 4.79 Å². The highest BCUT2D eigenvalue weighted by Gasteiger charge is 2.33. The fourth-order valence-corrected chi connectivity index (χ4v) is 3.75.